The van der Waals surface area contributed by atoms with Gasteiger partial charge in [0.1, 0.15) is 0 Å². The number of benzene rings is 1. The van der Waals surface area contributed by atoms with Crippen molar-refractivity contribution in [2.45, 2.75) is 38.3 Å². The summed E-state index contributed by atoms with van der Waals surface area (Å²) < 4.78 is 30.1. The van der Waals surface area contributed by atoms with Gasteiger partial charge in [-0.05, 0) is 45.0 Å². The highest BCUT2D eigenvalue weighted by atomic mass is 79.9. The van der Waals surface area contributed by atoms with E-state index in [-0.39, 0.29) is 10.9 Å². The minimum Gasteiger partial charge on any atom is -0.270 e. The second-order valence-electron chi connectivity index (χ2n) is 4.80. The molecule has 0 amide bonds. The molecule has 1 atom stereocenters. The van der Waals surface area contributed by atoms with Gasteiger partial charge in [0.25, 0.3) is 0 Å². The van der Waals surface area contributed by atoms with Gasteiger partial charge in [-0.1, -0.05) is 15.9 Å². The van der Waals surface area contributed by atoms with Gasteiger partial charge < -0.3 is 0 Å². The average Bonchev–Trinajstić information content (AvgIpc) is 2.80. The fraction of sp³-hybridized carbons (Fsp3) is 0.357. The molecule has 0 aliphatic carbocycles. The molecule has 0 spiro atoms. The highest BCUT2D eigenvalue weighted by molar-refractivity contribution is 9.10. The molecule has 1 N–H and O–H groups in total. The van der Waals surface area contributed by atoms with Crippen LogP contribution in [0.25, 0.3) is 0 Å². The average molecular weight is 372 g/mol. The minimum absolute atomic E-state index is 0.248. The molecule has 2 rings (SSSR count). The quantitative estimate of drug-likeness (QED) is 0.878. The van der Waals surface area contributed by atoms with Crippen molar-refractivity contribution < 1.29 is 8.42 Å². The SMILES string of the molecule is CCn1ncc(C(C)NS(=O)(=O)c2ccc(Br)cc2)c1C. The first-order chi connectivity index (χ1) is 9.85. The van der Waals surface area contributed by atoms with Crippen molar-refractivity contribution in [2.24, 2.45) is 0 Å². The van der Waals surface area contributed by atoms with Crippen molar-refractivity contribution >= 4 is 26.0 Å². The van der Waals surface area contributed by atoms with Gasteiger partial charge >= 0.3 is 0 Å². The third-order valence-electron chi connectivity index (χ3n) is 3.36. The van der Waals surface area contributed by atoms with Crippen LogP contribution in [-0.4, -0.2) is 18.2 Å². The fourth-order valence-corrected chi connectivity index (χ4v) is 3.67. The number of halogens is 1. The Kier molecular flexibility index (Phi) is 4.85. The summed E-state index contributed by atoms with van der Waals surface area (Å²) in [5.74, 6) is 0. The summed E-state index contributed by atoms with van der Waals surface area (Å²) in [5, 5.41) is 4.25. The Bertz CT molecular complexity index is 723. The van der Waals surface area contributed by atoms with Gasteiger partial charge in [-0.25, -0.2) is 13.1 Å². The Labute approximate surface area is 133 Å². The molecular formula is C14H18BrN3O2S. The Morgan fingerprint density at radius 2 is 1.95 bits per heavy atom. The maximum absolute atomic E-state index is 12.4. The van der Waals surface area contributed by atoms with E-state index < -0.39 is 10.0 Å². The number of nitrogens with zero attached hydrogens (tertiary/aromatic N) is 2. The molecule has 0 saturated carbocycles. The van der Waals surface area contributed by atoms with E-state index in [1.165, 1.54) is 0 Å². The summed E-state index contributed by atoms with van der Waals surface area (Å²) in [7, 11) is -3.55. The number of hydrogen-bond acceptors (Lipinski definition) is 3. The molecule has 0 radical (unpaired) electrons. The van der Waals surface area contributed by atoms with E-state index >= 15 is 0 Å². The third kappa shape index (κ3) is 3.53. The lowest BCUT2D eigenvalue weighted by atomic mass is 10.1. The molecule has 0 bridgehead atoms. The number of sulfonamides is 1. The van der Waals surface area contributed by atoms with Gasteiger partial charge in [0.15, 0.2) is 0 Å². The predicted octanol–water partition coefficient (Wildman–Crippen LogP) is 3.01. The van der Waals surface area contributed by atoms with Gasteiger partial charge in [-0.3, -0.25) is 4.68 Å². The van der Waals surface area contributed by atoms with Gasteiger partial charge in [0, 0.05) is 28.3 Å². The van der Waals surface area contributed by atoms with E-state index in [9.17, 15) is 8.42 Å². The molecule has 21 heavy (non-hydrogen) atoms. The van der Waals surface area contributed by atoms with Crippen LogP contribution in [0, 0.1) is 6.92 Å². The molecular weight excluding hydrogens is 354 g/mol. The first kappa shape index (κ1) is 16.2. The topological polar surface area (TPSA) is 64.0 Å². The van der Waals surface area contributed by atoms with E-state index in [2.05, 4.69) is 25.8 Å². The Balaban J connectivity index is 2.23. The van der Waals surface area contributed by atoms with E-state index in [0.29, 0.717) is 0 Å². The largest absolute Gasteiger partial charge is 0.270 e. The summed E-state index contributed by atoms with van der Waals surface area (Å²) in [6.07, 6.45) is 1.72. The zero-order valence-electron chi connectivity index (χ0n) is 12.2. The molecule has 2 aromatic rings. The Hall–Kier alpha value is -1.18. The molecule has 0 aliphatic rings. The van der Waals surface area contributed by atoms with Crippen LogP contribution in [-0.2, 0) is 16.6 Å². The molecule has 114 valence electrons. The van der Waals surface area contributed by atoms with Crippen molar-refractivity contribution in [1.82, 2.24) is 14.5 Å². The van der Waals surface area contributed by atoms with Crippen LogP contribution >= 0.6 is 15.9 Å². The first-order valence-electron chi connectivity index (χ1n) is 6.65. The number of rotatable bonds is 5. The van der Waals surface area contributed by atoms with Gasteiger partial charge in [0.05, 0.1) is 11.1 Å². The molecule has 1 unspecified atom stereocenters. The predicted molar refractivity (Wildman–Crippen MR) is 85.5 cm³/mol. The molecule has 5 nitrogen and oxygen atoms in total. The van der Waals surface area contributed by atoms with Crippen LogP contribution in [0.15, 0.2) is 39.8 Å². The lowest BCUT2D eigenvalue weighted by Gasteiger charge is -2.14. The van der Waals surface area contributed by atoms with Gasteiger partial charge in [-0.15, -0.1) is 0 Å². The molecule has 1 aromatic heterocycles. The summed E-state index contributed by atoms with van der Waals surface area (Å²) in [6.45, 7) is 6.52. The van der Waals surface area contributed by atoms with Gasteiger partial charge in [-0.2, -0.15) is 5.10 Å². The summed E-state index contributed by atoms with van der Waals surface area (Å²) >= 11 is 3.29. The minimum atomic E-state index is -3.55. The molecule has 7 heteroatoms. The van der Waals surface area contributed by atoms with Crippen LogP contribution in [0.3, 0.4) is 0 Å². The Morgan fingerprint density at radius 1 is 1.33 bits per heavy atom. The van der Waals surface area contributed by atoms with E-state index in [4.69, 9.17) is 0 Å². The first-order valence-corrected chi connectivity index (χ1v) is 8.93. The zero-order chi connectivity index (χ0) is 15.6. The summed E-state index contributed by atoms with van der Waals surface area (Å²) in [4.78, 5) is 0.248. The van der Waals surface area contributed by atoms with E-state index in [0.717, 1.165) is 22.3 Å². The van der Waals surface area contributed by atoms with Crippen LogP contribution in [0.4, 0.5) is 0 Å². The van der Waals surface area contributed by atoms with Crippen molar-refractivity contribution in [3.63, 3.8) is 0 Å². The van der Waals surface area contributed by atoms with Crippen LogP contribution < -0.4 is 4.72 Å². The zero-order valence-corrected chi connectivity index (χ0v) is 14.6. The number of nitrogens with one attached hydrogen (secondary N) is 1. The summed E-state index contributed by atoms with van der Waals surface area (Å²) in [5.41, 5.74) is 1.86. The van der Waals surface area contributed by atoms with Crippen molar-refractivity contribution in [1.29, 1.82) is 0 Å². The standard InChI is InChI=1S/C14H18BrN3O2S/c1-4-18-11(3)14(9-16-18)10(2)17-21(19,20)13-7-5-12(15)6-8-13/h5-10,17H,4H2,1-3H3. The van der Waals surface area contributed by atoms with Gasteiger partial charge in [0.2, 0.25) is 10.0 Å². The van der Waals surface area contributed by atoms with Crippen LogP contribution in [0.2, 0.25) is 0 Å². The van der Waals surface area contributed by atoms with Crippen molar-refractivity contribution in [3.8, 4) is 0 Å². The highest BCUT2D eigenvalue weighted by Crippen LogP contribution is 2.21. The normalized spacial score (nSPS) is 13.3. The smallest absolute Gasteiger partial charge is 0.241 e. The van der Waals surface area contributed by atoms with Crippen LogP contribution in [0.5, 0.6) is 0 Å². The lowest BCUT2D eigenvalue weighted by molar-refractivity contribution is 0.565. The van der Waals surface area contributed by atoms with E-state index in [1.54, 1.807) is 30.5 Å². The second-order valence-corrected chi connectivity index (χ2v) is 7.43. The maximum Gasteiger partial charge on any atom is 0.241 e. The molecule has 1 heterocycles. The third-order valence-corrected chi connectivity index (χ3v) is 5.45. The lowest BCUT2D eigenvalue weighted by Crippen LogP contribution is -2.27. The second kappa shape index (κ2) is 6.29. The monoisotopic (exact) mass is 371 g/mol. The highest BCUT2D eigenvalue weighted by Gasteiger charge is 2.20. The fourth-order valence-electron chi connectivity index (χ4n) is 2.18. The van der Waals surface area contributed by atoms with Crippen LogP contribution in [0.1, 0.15) is 31.1 Å². The number of aromatic nitrogens is 2. The van der Waals surface area contributed by atoms with Crippen molar-refractivity contribution in [3.05, 3.63) is 46.2 Å². The number of hydrogen-bond donors (Lipinski definition) is 1. The number of aryl methyl sites for hydroxylation is 1. The Morgan fingerprint density at radius 3 is 2.48 bits per heavy atom. The summed E-state index contributed by atoms with van der Waals surface area (Å²) in [6, 6.07) is 6.22. The molecule has 1 aromatic carbocycles. The van der Waals surface area contributed by atoms with E-state index in [1.807, 2.05) is 25.5 Å². The molecule has 0 saturated heterocycles. The molecule has 0 aliphatic heterocycles. The van der Waals surface area contributed by atoms with Crippen molar-refractivity contribution in [2.75, 3.05) is 0 Å². The molecule has 0 fully saturated rings. The maximum atomic E-state index is 12.4.